The van der Waals surface area contributed by atoms with E-state index in [9.17, 15) is 24.3 Å². The number of carbonyl (C=O) groups is 4. The van der Waals surface area contributed by atoms with Crippen molar-refractivity contribution in [2.75, 3.05) is 32.1 Å². The molecule has 0 bridgehead atoms. The number of hydrogen-bond donors (Lipinski definition) is 1. The Morgan fingerprint density at radius 3 is 2.67 bits per heavy atom. The van der Waals surface area contributed by atoms with Gasteiger partial charge in [0, 0.05) is 33.3 Å². The van der Waals surface area contributed by atoms with Gasteiger partial charge in [0.05, 0.1) is 13.0 Å². The minimum absolute atomic E-state index is 0.0841. The Labute approximate surface area is 156 Å². The van der Waals surface area contributed by atoms with Gasteiger partial charge in [0.2, 0.25) is 12.0 Å². The van der Waals surface area contributed by atoms with Crippen molar-refractivity contribution in [3.8, 4) is 0 Å². The Bertz CT molecular complexity index is 747. The minimum atomic E-state index is -1.73. The highest BCUT2D eigenvalue weighted by atomic mass is 16.6. The molecule has 1 aliphatic rings. The number of carbonyl (C=O) groups excluding carboxylic acids is 3. The second-order valence-corrected chi connectivity index (χ2v) is 6.28. The number of anilines is 1. The summed E-state index contributed by atoms with van der Waals surface area (Å²) in [5.74, 6) is -2.99. The second-order valence-electron chi connectivity index (χ2n) is 6.28. The van der Waals surface area contributed by atoms with Crippen molar-refractivity contribution in [2.24, 2.45) is 0 Å². The van der Waals surface area contributed by atoms with Gasteiger partial charge < -0.3 is 24.4 Å². The van der Waals surface area contributed by atoms with Crippen LogP contribution in [0.3, 0.4) is 0 Å². The molecule has 0 aliphatic carbocycles. The summed E-state index contributed by atoms with van der Waals surface area (Å²) in [5.41, 5.74) is 1.24. The quantitative estimate of drug-likeness (QED) is 0.697. The Kier molecular flexibility index (Phi) is 6.51. The smallest absolute Gasteiger partial charge is 0.348 e. The van der Waals surface area contributed by atoms with Gasteiger partial charge in [0.25, 0.3) is 5.91 Å². The first-order valence-electron chi connectivity index (χ1n) is 8.32. The molecule has 1 aromatic rings. The largest absolute Gasteiger partial charge is 0.478 e. The lowest BCUT2D eigenvalue weighted by Crippen LogP contribution is -2.55. The average Bonchev–Trinajstić information content (AvgIpc) is 2.60. The van der Waals surface area contributed by atoms with Gasteiger partial charge >= 0.3 is 11.9 Å². The standard InChI is InChI=1S/C18H22N2O7/c1-11(21)27-16(18(24)25)15-17(23)20(7-8-26-15)13-6-4-5-12(9-13)10-14(22)19(2)3/h4-6,9,15-16H,7-8,10H2,1-3H3,(H,24,25)/t15-,16-/m1/s1. The van der Waals surface area contributed by atoms with Crippen LogP contribution in [0.25, 0.3) is 0 Å². The topological polar surface area (TPSA) is 113 Å². The first-order chi connectivity index (χ1) is 12.7. The summed E-state index contributed by atoms with van der Waals surface area (Å²) in [7, 11) is 3.31. The number of benzene rings is 1. The second kappa shape index (κ2) is 8.63. The van der Waals surface area contributed by atoms with Crippen molar-refractivity contribution in [1.82, 2.24) is 4.90 Å². The maximum atomic E-state index is 12.8. The molecular formula is C18H22N2O7. The van der Waals surface area contributed by atoms with Gasteiger partial charge in [0.15, 0.2) is 6.10 Å². The average molecular weight is 378 g/mol. The molecule has 27 heavy (non-hydrogen) atoms. The van der Waals surface area contributed by atoms with Gasteiger partial charge in [-0.1, -0.05) is 12.1 Å². The fourth-order valence-electron chi connectivity index (χ4n) is 2.67. The molecule has 0 saturated carbocycles. The van der Waals surface area contributed by atoms with Crippen molar-refractivity contribution in [2.45, 2.75) is 25.6 Å². The number of rotatable bonds is 6. The van der Waals surface area contributed by atoms with E-state index in [-0.39, 0.29) is 25.5 Å². The van der Waals surface area contributed by atoms with Crippen LogP contribution in [0.2, 0.25) is 0 Å². The lowest BCUT2D eigenvalue weighted by molar-refractivity contribution is -0.177. The zero-order valence-electron chi connectivity index (χ0n) is 15.4. The zero-order valence-corrected chi connectivity index (χ0v) is 15.4. The molecule has 2 atom stereocenters. The number of carboxylic acid groups (broad SMARTS) is 1. The van der Waals surface area contributed by atoms with E-state index in [0.29, 0.717) is 5.69 Å². The summed E-state index contributed by atoms with van der Waals surface area (Å²) in [5, 5.41) is 9.27. The molecule has 0 radical (unpaired) electrons. The van der Waals surface area contributed by atoms with E-state index >= 15 is 0 Å². The predicted molar refractivity (Wildman–Crippen MR) is 94.1 cm³/mol. The first-order valence-corrected chi connectivity index (χ1v) is 8.32. The van der Waals surface area contributed by atoms with E-state index in [4.69, 9.17) is 9.47 Å². The van der Waals surface area contributed by atoms with Crippen molar-refractivity contribution in [3.05, 3.63) is 29.8 Å². The number of ether oxygens (including phenoxy) is 2. The number of hydrogen-bond acceptors (Lipinski definition) is 6. The molecule has 1 N–H and O–H groups in total. The summed E-state index contributed by atoms with van der Waals surface area (Å²) in [6.45, 7) is 1.36. The number of amides is 2. The highest BCUT2D eigenvalue weighted by molar-refractivity contribution is 6.00. The third-order valence-electron chi connectivity index (χ3n) is 4.01. The number of carboxylic acids is 1. The van der Waals surface area contributed by atoms with E-state index in [1.807, 2.05) is 0 Å². The minimum Gasteiger partial charge on any atom is -0.478 e. The molecular weight excluding hydrogens is 356 g/mol. The van der Waals surface area contributed by atoms with Gasteiger partial charge in [-0.2, -0.15) is 0 Å². The van der Waals surface area contributed by atoms with Crippen LogP contribution in [-0.4, -0.2) is 73.2 Å². The molecule has 1 aromatic carbocycles. The van der Waals surface area contributed by atoms with Crippen LogP contribution < -0.4 is 4.90 Å². The summed E-state index contributed by atoms with van der Waals surface area (Å²) in [6.07, 6.45) is -2.99. The Morgan fingerprint density at radius 1 is 1.37 bits per heavy atom. The number of aliphatic carboxylic acids is 1. The molecule has 2 amide bonds. The maximum Gasteiger partial charge on any atom is 0.348 e. The van der Waals surface area contributed by atoms with E-state index in [1.165, 1.54) is 9.80 Å². The van der Waals surface area contributed by atoms with Crippen LogP contribution in [0.15, 0.2) is 24.3 Å². The SMILES string of the molecule is CC(=O)O[C@@H](C(=O)O)[C@H]1OCCN(c2cccc(CC(=O)N(C)C)c2)C1=O. The molecule has 9 nitrogen and oxygen atoms in total. The fraction of sp³-hybridized carbons (Fsp3) is 0.444. The highest BCUT2D eigenvalue weighted by Crippen LogP contribution is 2.23. The molecule has 9 heteroatoms. The molecule has 1 saturated heterocycles. The molecule has 146 valence electrons. The van der Waals surface area contributed by atoms with E-state index in [0.717, 1.165) is 12.5 Å². The molecule has 0 spiro atoms. The van der Waals surface area contributed by atoms with Crippen molar-refractivity contribution in [1.29, 1.82) is 0 Å². The predicted octanol–water partition coefficient (Wildman–Crippen LogP) is 0.0654. The fourth-order valence-corrected chi connectivity index (χ4v) is 2.67. The number of likely N-dealkylation sites (N-methyl/N-ethyl adjacent to an activating group) is 1. The molecule has 2 rings (SSSR count). The third kappa shape index (κ3) is 5.04. The van der Waals surface area contributed by atoms with Crippen LogP contribution in [-0.2, 0) is 35.1 Å². The van der Waals surface area contributed by atoms with Gasteiger partial charge in [-0.3, -0.25) is 14.4 Å². The van der Waals surface area contributed by atoms with Gasteiger partial charge in [-0.15, -0.1) is 0 Å². The number of esters is 1. The summed E-state index contributed by atoms with van der Waals surface area (Å²) in [4.78, 5) is 50.1. The van der Waals surface area contributed by atoms with Crippen LogP contribution in [0, 0.1) is 0 Å². The van der Waals surface area contributed by atoms with Crippen LogP contribution in [0.4, 0.5) is 5.69 Å². The zero-order chi connectivity index (χ0) is 20.1. The van der Waals surface area contributed by atoms with Gasteiger partial charge in [-0.25, -0.2) is 4.79 Å². The first kappa shape index (κ1) is 20.4. The van der Waals surface area contributed by atoms with Crippen LogP contribution in [0.5, 0.6) is 0 Å². The Morgan fingerprint density at radius 2 is 2.07 bits per heavy atom. The summed E-state index contributed by atoms with van der Waals surface area (Å²) < 4.78 is 10.0. The van der Waals surface area contributed by atoms with Crippen LogP contribution >= 0.6 is 0 Å². The summed E-state index contributed by atoms with van der Waals surface area (Å²) >= 11 is 0. The van der Waals surface area contributed by atoms with E-state index in [2.05, 4.69) is 0 Å². The molecule has 1 fully saturated rings. The molecule has 0 aromatic heterocycles. The number of morpholine rings is 1. The normalized spacial score (nSPS) is 18.0. The van der Waals surface area contributed by atoms with E-state index < -0.39 is 30.1 Å². The lowest BCUT2D eigenvalue weighted by Gasteiger charge is -2.34. The molecule has 1 heterocycles. The Balaban J connectivity index is 2.23. The Hall–Kier alpha value is -2.94. The van der Waals surface area contributed by atoms with Gasteiger partial charge in [0.1, 0.15) is 0 Å². The maximum absolute atomic E-state index is 12.8. The van der Waals surface area contributed by atoms with Crippen LogP contribution in [0.1, 0.15) is 12.5 Å². The van der Waals surface area contributed by atoms with Gasteiger partial charge in [-0.05, 0) is 17.7 Å². The van der Waals surface area contributed by atoms with E-state index in [1.54, 1.807) is 38.4 Å². The van der Waals surface area contributed by atoms with Crippen molar-refractivity contribution in [3.63, 3.8) is 0 Å². The monoisotopic (exact) mass is 378 g/mol. The molecule has 1 aliphatic heterocycles. The highest BCUT2D eigenvalue weighted by Gasteiger charge is 2.42. The molecule has 0 unspecified atom stereocenters. The summed E-state index contributed by atoms with van der Waals surface area (Å²) in [6, 6.07) is 6.87. The lowest BCUT2D eigenvalue weighted by atomic mass is 10.1. The number of nitrogens with zero attached hydrogens (tertiary/aromatic N) is 2. The van der Waals surface area contributed by atoms with Crippen molar-refractivity contribution >= 4 is 29.4 Å². The third-order valence-corrected chi connectivity index (χ3v) is 4.01. The van der Waals surface area contributed by atoms with Crippen molar-refractivity contribution < 1.29 is 33.8 Å².